The first-order valence-electron chi connectivity index (χ1n) is 9.81. The highest BCUT2D eigenvalue weighted by molar-refractivity contribution is 6.82. The highest BCUT2D eigenvalue weighted by atomic mass is 28.3. The number of aryl methyl sites for hydroxylation is 1. The second kappa shape index (κ2) is 7.90. The molecular formula is C22H35NOSi. The molecule has 0 aliphatic carbocycles. The Labute approximate surface area is 154 Å². The molecule has 138 valence electrons. The second-order valence-electron chi connectivity index (χ2n) is 8.49. The van der Waals surface area contributed by atoms with Gasteiger partial charge in [0.1, 0.15) is 5.78 Å². The third kappa shape index (κ3) is 3.76. The molecule has 0 N–H and O–H groups in total. The molecular weight excluding hydrogens is 322 g/mol. The number of carbonyl (C=O) groups excluding carboxylic acids is 1. The Bertz CT molecular complexity index is 705. The summed E-state index contributed by atoms with van der Waals surface area (Å²) in [6.07, 6.45) is 4.96. The fourth-order valence-corrected chi connectivity index (χ4v) is 11.7. The summed E-state index contributed by atoms with van der Waals surface area (Å²) in [6.45, 7) is 16.1. The van der Waals surface area contributed by atoms with E-state index >= 15 is 0 Å². The molecule has 3 heteroatoms. The minimum Gasteiger partial charge on any atom is -0.373 e. The van der Waals surface area contributed by atoms with Crippen molar-refractivity contribution in [3.63, 3.8) is 0 Å². The van der Waals surface area contributed by atoms with E-state index in [9.17, 15) is 4.79 Å². The molecule has 2 nitrogen and oxygen atoms in total. The molecule has 1 aromatic carbocycles. The van der Waals surface area contributed by atoms with Crippen molar-refractivity contribution in [2.24, 2.45) is 0 Å². The number of hydrogen-bond acceptors (Lipinski definition) is 1. The third-order valence-electron chi connectivity index (χ3n) is 5.94. The van der Waals surface area contributed by atoms with Crippen LogP contribution in [0.5, 0.6) is 0 Å². The van der Waals surface area contributed by atoms with Crippen molar-refractivity contribution < 1.29 is 4.79 Å². The van der Waals surface area contributed by atoms with Crippen molar-refractivity contribution in [1.29, 1.82) is 0 Å². The summed E-state index contributed by atoms with van der Waals surface area (Å²) in [5.74, 6) is 0.286. The van der Waals surface area contributed by atoms with E-state index in [0.717, 1.165) is 12.8 Å². The van der Waals surface area contributed by atoms with Crippen LogP contribution >= 0.6 is 0 Å². The summed E-state index contributed by atoms with van der Waals surface area (Å²) in [6, 6.07) is 9.19. The fourth-order valence-electron chi connectivity index (χ4n) is 5.06. The van der Waals surface area contributed by atoms with E-state index < -0.39 is 8.24 Å². The van der Waals surface area contributed by atoms with Gasteiger partial charge in [0.05, 0.1) is 0 Å². The summed E-state index contributed by atoms with van der Waals surface area (Å²) in [4.78, 5) is 11.2. The van der Waals surface area contributed by atoms with Crippen LogP contribution < -0.4 is 0 Å². The number of ketones is 1. The molecule has 0 spiro atoms. The summed E-state index contributed by atoms with van der Waals surface area (Å²) >= 11 is 0. The predicted octanol–water partition coefficient (Wildman–Crippen LogP) is 6.58. The summed E-state index contributed by atoms with van der Waals surface area (Å²) in [5, 5.41) is 1.35. The van der Waals surface area contributed by atoms with Crippen molar-refractivity contribution in [2.45, 2.75) is 84.4 Å². The lowest BCUT2D eigenvalue weighted by Crippen LogP contribution is -2.51. The van der Waals surface area contributed by atoms with Crippen LogP contribution in [0.4, 0.5) is 0 Å². The van der Waals surface area contributed by atoms with E-state index in [4.69, 9.17) is 0 Å². The average Bonchev–Trinajstić information content (AvgIpc) is 2.90. The number of Topliss-reactive ketones (excluding diaryl/α,β-unsaturated/α-hetero) is 1. The zero-order valence-corrected chi connectivity index (χ0v) is 18.1. The van der Waals surface area contributed by atoms with Gasteiger partial charge in [-0.1, -0.05) is 47.6 Å². The maximum absolute atomic E-state index is 11.2. The summed E-state index contributed by atoms with van der Waals surface area (Å²) in [7, 11) is -1.70. The Morgan fingerprint density at radius 1 is 1.00 bits per heavy atom. The Kier molecular flexibility index (Phi) is 6.31. The van der Waals surface area contributed by atoms with Gasteiger partial charge in [0.15, 0.2) is 8.24 Å². The Morgan fingerprint density at radius 2 is 1.60 bits per heavy atom. The maximum atomic E-state index is 11.2. The first-order valence-corrected chi connectivity index (χ1v) is 12.0. The second-order valence-corrected chi connectivity index (χ2v) is 14.2. The first kappa shape index (κ1) is 20.0. The SMILES string of the molecule is CC(=O)CCCc1ccc2c(ccn2[Si](C(C)C)(C(C)C)C(C)C)c1. The molecule has 1 aromatic heterocycles. The molecule has 2 aromatic rings. The number of carbonyl (C=O) groups is 1. The van der Waals surface area contributed by atoms with Gasteiger partial charge >= 0.3 is 0 Å². The molecule has 0 aliphatic rings. The molecule has 0 radical (unpaired) electrons. The maximum Gasteiger partial charge on any atom is 0.169 e. The smallest absolute Gasteiger partial charge is 0.169 e. The van der Waals surface area contributed by atoms with Crippen LogP contribution in [0.2, 0.25) is 16.6 Å². The number of benzene rings is 1. The molecule has 0 unspecified atom stereocenters. The summed E-state index contributed by atoms with van der Waals surface area (Å²) < 4.78 is 2.67. The zero-order valence-electron chi connectivity index (χ0n) is 17.1. The topological polar surface area (TPSA) is 22.0 Å². The minimum atomic E-state index is -1.70. The molecule has 2 rings (SSSR count). The molecule has 0 fully saturated rings. The Hall–Kier alpha value is -1.35. The molecule has 0 atom stereocenters. The van der Waals surface area contributed by atoms with Crippen LogP contribution in [0.1, 0.15) is 66.9 Å². The van der Waals surface area contributed by atoms with Gasteiger partial charge < -0.3 is 9.03 Å². The average molecular weight is 358 g/mol. The third-order valence-corrected chi connectivity index (χ3v) is 12.7. The molecule has 0 aliphatic heterocycles. The monoisotopic (exact) mass is 357 g/mol. The van der Waals surface area contributed by atoms with E-state index in [-0.39, 0.29) is 5.78 Å². The number of nitrogens with zero attached hydrogens (tertiary/aromatic N) is 1. The van der Waals surface area contributed by atoms with Crippen molar-refractivity contribution >= 4 is 24.9 Å². The lowest BCUT2D eigenvalue weighted by molar-refractivity contribution is -0.117. The van der Waals surface area contributed by atoms with Crippen LogP contribution in [0, 0.1) is 0 Å². The minimum absolute atomic E-state index is 0.286. The molecule has 0 amide bonds. The standard InChI is InChI=1S/C22H35NOSi/c1-16(2)25(17(3)4,18(5)6)23-14-13-21-15-20(11-12-22(21)23)10-8-9-19(7)24/h11-18H,8-10H2,1-7H3. The number of fused-ring (bicyclic) bond motifs is 1. The number of rotatable bonds is 8. The van der Waals surface area contributed by atoms with Gasteiger partial charge in [-0.2, -0.15) is 0 Å². The van der Waals surface area contributed by atoms with Gasteiger partial charge in [0.25, 0.3) is 0 Å². The molecule has 1 heterocycles. The lowest BCUT2D eigenvalue weighted by atomic mass is 10.1. The lowest BCUT2D eigenvalue weighted by Gasteiger charge is -2.44. The highest BCUT2D eigenvalue weighted by Crippen LogP contribution is 2.44. The van der Waals surface area contributed by atoms with Crippen LogP contribution in [0.25, 0.3) is 10.9 Å². The van der Waals surface area contributed by atoms with E-state index in [1.54, 1.807) is 6.92 Å². The first-order chi connectivity index (χ1) is 11.7. The number of aromatic nitrogens is 1. The zero-order chi connectivity index (χ0) is 18.8. The van der Waals surface area contributed by atoms with E-state index in [1.807, 2.05) is 0 Å². The van der Waals surface area contributed by atoms with Gasteiger partial charge in [0.2, 0.25) is 0 Å². The van der Waals surface area contributed by atoms with Crippen molar-refractivity contribution in [1.82, 2.24) is 4.23 Å². The Morgan fingerprint density at radius 3 is 2.12 bits per heavy atom. The van der Waals surface area contributed by atoms with E-state index in [0.29, 0.717) is 23.0 Å². The van der Waals surface area contributed by atoms with Crippen LogP contribution in [0.15, 0.2) is 30.5 Å². The van der Waals surface area contributed by atoms with Gasteiger partial charge in [-0.15, -0.1) is 0 Å². The molecule has 0 saturated heterocycles. The van der Waals surface area contributed by atoms with Crippen LogP contribution in [-0.2, 0) is 11.2 Å². The number of hydrogen-bond donors (Lipinski definition) is 0. The van der Waals surface area contributed by atoms with Crippen molar-refractivity contribution in [2.75, 3.05) is 0 Å². The van der Waals surface area contributed by atoms with Crippen molar-refractivity contribution in [3.05, 3.63) is 36.0 Å². The largest absolute Gasteiger partial charge is 0.373 e. The highest BCUT2D eigenvalue weighted by Gasteiger charge is 2.45. The van der Waals surface area contributed by atoms with Crippen LogP contribution in [0.3, 0.4) is 0 Å². The van der Waals surface area contributed by atoms with Gasteiger partial charge in [-0.25, -0.2) is 0 Å². The molecule has 0 bridgehead atoms. The van der Waals surface area contributed by atoms with Gasteiger partial charge in [-0.05, 0) is 71.7 Å². The summed E-state index contributed by atoms with van der Waals surface area (Å²) in [5.41, 5.74) is 4.81. The quantitative estimate of drug-likeness (QED) is 0.489. The van der Waals surface area contributed by atoms with Crippen molar-refractivity contribution in [3.8, 4) is 0 Å². The Balaban J connectivity index is 2.44. The fraction of sp³-hybridized carbons (Fsp3) is 0.591. The predicted molar refractivity (Wildman–Crippen MR) is 112 cm³/mol. The van der Waals surface area contributed by atoms with Crippen LogP contribution in [-0.4, -0.2) is 18.3 Å². The van der Waals surface area contributed by atoms with Gasteiger partial charge in [-0.3, -0.25) is 0 Å². The molecule has 25 heavy (non-hydrogen) atoms. The molecule has 0 saturated carbocycles. The van der Waals surface area contributed by atoms with E-state index in [1.165, 1.54) is 16.5 Å². The van der Waals surface area contributed by atoms with Gasteiger partial charge in [0, 0.05) is 11.9 Å². The normalized spacial score (nSPS) is 12.7. The van der Waals surface area contributed by atoms with E-state index in [2.05, 4.69) is 76.2 Å².